The molecule has 102 valence electrons. The van der Waals surface area contributed by atoms with Crippen molar-refractivity contribution in [3.8, 4) is 5.69 Å². The number of aromatic nitrogens is 2. The third kappa shape index (κ3) is 2.41. The van der Waals surface area contributed by atoms with E-state index in [0.29, 0.717) is 5.69 Å². The average Bonchev–Trinajstić information content (AvgIpc) is 2.64. The molecule has 1 unspecified atom stereocenters. The molecule has 2 N–H and O–H groups in total. The van der Waals surface area contributed by atoms with E-state index in [9.17, 15) is 23.1 Å². The number of alkyl halides is 3. The Balaban J connectivity index is 2.56. The molecule has 0 aliphatic heterocycles. The quantitative estimate of drug-likeness (QED) is 0.879. The number of halogens is 3. The first-order chi connectivity index (χ1) is 8.82. The molecule has 1 heterocycles. The van der Waals surface area contributed by atoms with Crippen LogP contribution in [0.15, 0.2) is 35.1 Å². The number of nitrogens with zero attached hydrogens (tertiary/aromatic N) is 1. The van der Waals surface area contributed by atoms with Gasteiger partial charge in [-0.15, -0.1) is 0 Å². The smallest absolute Gasteiger partial charge is 0.379 e. The maximum absolute atomic E-state index is 12.5. The van der Waals surface area contributed by atoms with Gasteiger partial charge in [0.2, 0.25) is 0 Å². The van der Waals surface area contributed by atoms with Crippen LogP contribution in [0, 0.1) is 6.92 Å². The largest absolute Gasteiger partial charge is 0.418 e. The van der Waals surface area contributed by atoms with Crippen molar-refractivity contribution < 1.29 is 18.3 Å². The van der Waals surface area contributed by atoms with Crippen molar-refractivity contribution in [2.75, 3.05) is 0 Å². The Hall–Kier alpha value is -2.02. The lowest BCUT2D eigenvalue weighted by molar-refractivity contribution is -0.207. The number of aromatic amines is 1. The first-order valence-corrected chi connectivity index (χ1v) is 5.44. The molecule has 7 heteroatoms. The predicted octanol–water partition coefficient (Wildman–Crippen LogP) is 2.07. The highest BCUT2D eigenvalue weighted by molar-refractivity contribution is 5.33. The highest BCUT2D eigenvalue weighted by atomic mass is 19.4. The van der Waals surface area contributed by atoms with Crippen LogP contribution < -0.4 is 5.56 Å². The summed E-state index contributed by atoms with van der Waals surface area (Å²) in [5.74, 6) is 0. The van der Waals surface area contributed by atoms with E-state index in [1.54, 1.807) is 30.3 Å². The van der Waals surface area contributed by atoms with Gasteiger partial charge in [0.1, 0.15) is 0 Å². The van der Waals surface area contributed by atoms with E-state index in [1.807, 2.05) is 0 Å². The number of hydrogen-bond donors (Lipinski definition) is 2. The fourth-order valence-corrected chi connectivity index (χ4v) is 1.80. The van der Waals surface area contributed by atoms with Gasteiger partial charge in [-0.1, -0.05) is 18.2 Å². The van der Waals surface area contributed by atoms with Gasteiger partial charge in [0, 0.05) is 5.69 Å². The maximum Gasteiger partial charge on any atom is 0.418 e. The molecule has 0 radical (unpaired) electrons. The number of aliphatic hydroxyl groups excluding tert-OH is 1. The van der Waals surface area contributed by atoms with Crippen LogP contribution in [-0.2, 0) is 0 Å². The lowest BCUT2D eigenvalue weighted by atomic mass is 10.1. The Morgan fingerprint density at radius 1 is 1.26 bits per heavy atom. The van der Waals surface area contributed by atoms with Crippen LogP contribution >= 0.6 is 0 Å². The summed E-state index contributed by atoms with van der Waals surface area (Å²) < 4.78 is 38.5. The summed E-state index contributed by atoms with van der Waals surface area (Å²) in [6, 6.07) is 8.16. The van der Waals surface area contributed by atoms with Gasteiger partial charge in [-0.25, -0.2) is 4.68 Å². The van der Waals surface area contributed by atoms with Crippen LogP contribution in [-0.4, -0.2) is 21.1 Å². The molecule has 0 fully saturated rings. The van der Waals surface area contributed by atoms with E-state index in [0.717, 1.165) is 4.68 Å². The number of H-pyrrole nitrogens is 1. The molecule has 2 aromatic rings. The van der Waals surface area contributed by atoms with Crippen molar-refractivity contribution in [3.63, 3.8) is 0 Å². The first-order valence-electron chi connectivity index (χ1n) is 5.44. The molecule has 0 saturated heterocycles. The lowest BCUT2D eigenvalue weighted by Crippen LogP contribution is -2.27. The molecule has 0 bridgehead atoms. The zero-order valence-electron chi connectivity index (χ0n) is 9.90. The Bertz CT molecular complexity index is 629. The van der Waals surface area contributed by atoms with E-state index < -0.39 is 23.4 Å². The lowest BCUT2D eigenvalue weighted by Gasteiger charge is -2.12. The number of para-hydroxylation sites is 1. The Morgan fingerprint density at radius 2 is 1.84 bits per heavy atom. The fourth-order valence-electron chi connectivity index (χ4n) is 1.80. The standard InChI is InChI=1S/C12H11F3N2O2/c1-7-9(10(18)12(13,14)15)11(19)17(16-7)8-5-3-2-4-6-8/h2-6,10,16,18H,1H3. The average molecular weight is 272 g/mol. The third-order valence-corrected chi connectivity index (χ3v) is 2.71. The van der Waals surface area contributed by atoms with Crippen LogP contribution in [0.1, 0.15) is 17.4 Å². The number of benzene rings is 1. The van der Waals surface area contributed by atoms with Crippen molar-refractivity contribution in [1.29, 1.82) is 0 Å². The molecule has 1 atom stereocenters. The molecule has 1 aromatic heterocycles. The topological polar surface area (TPSA) is 58.0 Å². The first kappa shape index (κ1) is 13.4. The van der Waals surface area contributed by atoms with Gasteiger partial charge < -0.3 is 5.11 Å². The molecular weight excluding hydrogens is 261 g/mol. The van der Waals surface area contributed by atoms with Crippen LogP contribution in [0.3, 0.4) is 0 Å². The van der Waals surface area contributed by atoms with Crippen molar-refractivity contribution in [3.05, 3.63) is 51.9 Å². The van der Waals surface area contributed by atoms with E-state index >= 15 is 0 Å². The number of rotatable bonds is 2. The molecule has 0 aliphatic carbocycles. The summed E-state index contributed by atoms with van der Waals surface area (Å²) in [5.41, 5.74) is -1.21. The van der Waals surface area contributed by atoms with Crippen molar-refractivity contribution in [2.45, 2.75) is 19.2 Å². The number of aliphatic hydroxyl groups is 1. The molecule has 0 amide bonds. The molecule has 2 rings (SSSR count). The summed E-state index contributed by atoms with van der Waals surface area (Å²) >= 11 is 0. The third-order valence-electron chi connectivity index (χ3n) is 2.71. The summed E-state index contributed by atoms with van der Waals surface area (Å²) in [7, 11) is 0. The maximum atomic E-state index is 12.5. The summed E-state index contributed by atoms with van der Waals surface area (Å²) in [6.07, 6.45) is -7.66. The summed E-state index contributed by atoms with van der Waals surface area (Å²) in [4.78, 5) is 12.0. The highest BCUT2D eigenvalue weighted by Gasteiger charge is 2.42. The van der Waals surface area contributed by atoms with E-state index in [2.05, 4.69) is 5.10 Å². The molecule has 4 nitrogen and oxygen atoms in total. The molecule has 19 heavy (non-hydrogen) atoms. The van der Waals surface area contributed by atoms with Gasteiger partial charge in [-0.2, -0.15) is 13.2 Å². The minimum absolute atomic E-state index is 0.0151. The normalized spacial score (nSPS) is 13.5. The zero-order chi connectivity index (χ0) is 14.2. The van der Waals surface area contributed by atoms with E-state index in [1.165, 1.54) is 6.92 Å². The van der Waals surface area contributed by atoms with Gasteiger partial charge in [0.05, 0.1) is 11.3 Å². The van der Waals surface area contributed by atoms with Crippen molar-refractivity contribution >= 4 is 0 Å². The molecule has 0 spiro atoms. The Kier molecular flexibility index (Phi) is 3.23. The second-order valence-electron chi connectivity index (χ2n) is 4.07. The summed E-state index contributed by atoms with van der Waals surface area (Å²) in [5, 5.41) is 11.7. The fraction of sp³-hybridized carbons (Fsp3) is 0.250. The zero-order valence-corrected chi connectivity index (χ0v) is 9.90. The van der Waals surface area contributed by atoms with Gasteiger partial charge in [-0.3, -0.25) is 9.89 Å². The second-order valence-corrected chi connectivity index (χ2v) is 4.07. The van der Waals surface area contributed by atoms with Crippen LogP contribution in [0.5, 0.6) is 0 Å². The summed E-state index contributed by atoms with van der Waals surface area (Å²) in [6.45, 7) is 1.31. The van der Waals surface area contributed by atoms with E-state index in [4.69, 9.17) is 0 Å². The monoisotopic (exact) mass is 272 g/mol. The molecule has 0 saturated carbocycles. The number of hydrogen-bond acceptors (Lipinski definition) is 2. The number of nitrogens with one attached hydrogen (secondary N) is 1. The molecule has 0 aliphatic rings. The highest BCUT2D eigenvalue weighted by Crippen LogP contribution is 2.32. The van der Waals surface area contributed by atoms with Crippen LogP contribution in [0.4, 0.5) is 13.2 Å². The SMILES string of the molecule is Cc1[nH]n(-c2ccccc2)c(=O)c1C(O)C(F)(F)F. The number of aryl methyl sites for hydroxylation is 1. The van der Waals surface area contributed by atoms with Crippen LogP contribution in [0.2, 0.25) is 0 Å². The van der Waals surface area contributed by atoms with Gasteiger partial charge in [0.15, 0.2) is 6.10 Å². The van der Waals surface area contributed by atoms with Gasteiger partial charge in [-0.05, 0) is 19.1 Å². The minimum Gasteiger partial charge on any atom is -0.379 e. The van der Waals surface area contributed by atoms with Crippen LogP contribution in [0.25, 0.3) is 5.69 Å². The Morgan fingerprint density at radius 3 is 2.37 bits per heavy atom. The van der Waals surface area contributed by atoms with E-state index in [-0.39, 0.29) is 5.69 Å². The van der Waals surface area contributed by atoms with Gasteiger partial charge in [0.25, 0.3) is 5.56 Å². The molecule has 1 aromatic carbocycles. The Labute approximate surface area is 106 Å². The minimum atomic E-state index is -4.87. The van der Waals surface area contributed by atoms with Crippen molar-refractivity contribution in [1.82, 2.24) is 9.78 Å². The second kappa shape index (κ2) is 4.58. The van der Waals surface area contributed by atoms with Crippen molar-refractivity contribution in [2.24, 2.45) is 0 Å². The predicted molar refractivity (Wildman–Crippen MR) is 62.1 cm³/mol. The van der Waals surface area contributed by atoms with Gasteiger partial charge >= 0.3 is 6.18 Å². The molecular formula is C12H11F3N2O2.